The van der Waals surface area contributed by atoms with Crippen molar-refractivity contribution in [1.29, 1.82) is 0 Å². The number of carbonyl (C=O) groups excluding carboxylic acids is 1. The zero-order valence-corrected chi connectivity index (χ0v) is 9.66. The van der Waals surface area contributed by atoms with Crippen molar-refractivity contribution in [3.8, 4) is 11.1 Å². The van der Waals surface area contributed by atoms with Crippen molar-refractivity contribution in [2.45, 2.75) is 6.18 Å². The molecule has 1 amide bonds. The van der Waals surface area contributed by atoms with Crippen molar-refractivity contribution in [3.05, 3.63) is 59.7 Å². The van der Waals surface area contributed by atoms with Crippen molar-refractivity contribution in [2.75, 3.05) is 0 Å². The third kappa shape index (κ3) is 2.59. The molecule has 0 aliphatic rings. The van der Waals surface area contributed by atoms with Crippen molar-refractivity contribution in [1.82, 2.24) is 0 Å². The van der Waals surface area contributed by atoms with Crippen LogP contribution in [0, 0.1) is 6.07 Å². The van der Waals surface area contributed by atoms with E-state index in [0.29, 0.717) is 5.56 Å². The highest BCUT2D eigenvalue weighted by molar-refractivity contribution is 5.96. The maximum Gasteiger partial charge on any atom is 0.417 e. The van der Waals surface area contributed by atoms with Crippen molar-refractivity contribution >= 4 is 5.91 Å². The standard InChI is InChI=1S/C14H9F3NO/c15-14(16,17)12-10(9-5-2-1-3-6-9)7-4-8-11(12)13(18)19/h1-7H,(H2,18,19). The molecular weight excluding hydrogens is 255 g/mol. The summed E-state index contributed by atoms with van der Waals surface area (Å²) in [5.74, 6) is -1.15. The molecule has 0 fully saturated rings. The Labute approximate surface area is 107 Å². The van der Waals surface area contributed by atoms with Gasteiger partial charge in [-0.1, -0.05) is 42.5 Å². The van der Waals surface area contributed by atoms with Gasteiger partial charge in [0.05, 0.1) is 11.1 Å². The van der Waals surface area contributed by atoms with Gasteiger partial charge in [0.2, 0.25) is 5.91 Å². The molecule has 0 saturated carbocycles. The second-order valence-corrected chi connectivity index (χ2v) is 3.87. The first-order valence-corrected chi connectivity index (χ1v) is 5.38. The van der Waals surface area contributed by atoms with Crippen LogP contribution in [-0.2, 0) is 6.18 Å². The number of amides is 1. The van der Waals surface area contributed by atoms with Gasteiger partial charge in [-0.25, -0.2) is 0 Å². The smallest absolute Gasteiger partial charge is 0.366 e. The molecule has 1 radical (unpaired) electrons. The maximum atomic E-state index is 13.1. The Hall–Kier alpha value is -2.30. The lowest BCUT2D eigenvalue weighted by molar-refractivity contribution is -0.137. The monoisotopic (exact) mass is 264 g/mol. The molecule has 0 saturated heterocycles. The lowest BCUT2D eigenvalue weighted by Gasteiger charge is -2.15. The summed E-state index contributed by atoms with van der Waals surface area (Å²) in [5.41, 5.74) is 3.58. The molecule has 97 valence electrons. The molecule has 0 unspecified atom stereocenters. The van der Waals surface area contributed by atoms with Gasteiger partial charge in [0.1, 0.15) is 0 Å². The first-order chi connectivity index (χ1) is 8.91. The van der Waals surface area contributed by atoms with Gasteiger partial charge in [0.25, 0.3) is 0 Å². The van der Waals surface area contributed by atoms with Gasteiger partial charge in [0.15, 0.2) is 0 Å². The fraction of sp³-hybridized carbons (Fsp3) is 0.0714. The highest BCUT2D eigenvalue weighted by Crippen LogP contribution is 2.39. The summed E-state index contributed by atoms with van der Waals surface area (Å²) in [6.45, 7) is 0. The zero-order valence-electron chi connectivity index (χ0n) is 9.66. The highest BCUT2D eigenvalue weighted by Gasteiger charge is 2.37. The molecule has 0 aliphatic carbocycles. The molecular formula is C14H9F3NO. The van der Waals surface area contributed by atoms with Gasteiger partial charge >= 0.3 is 6.18 Å². The number of benzene rings is 2. The number of hydrogen-bond acceptors (Lipinski definition) is 1. The first kappa shape index (κ1) is 13.1. The lowest BCUT2D eigenvalue weighted by atomic mass is 9.94. The second kappa shape index (κ2) is 4.76. The van der Waals surface area contributed by atoms with Gasteiger partial charge < -0.3 is 5.73 Å². The minimum absolute atomic E-state index is 0.0827. The van der Waals surface area contributed by atoms with Crippen LogP contribution in [0.5, 0.6) is 0 Å². The number of hydrogen-bond donors (Lipinski definition) is 1. The largest absolute Gasteiger partial charge is 0.417 e. The normalized spacial score (nSPS) is 11.3. The van der Waals surface area contributed by atoms with Crippen LogP contribution in [-0.4, -0.2) is 5.91 Å². The van der Waals surface area contributed by atoms with E-state index >= 15 is 0 Å². The average molecular weight is 264 g/mol. The van der Waals surface area contributed by atoms with Gasteiger partial charge in [-0.3, -0.25) is 4.79 Å². The Kier molecular flexibility index (Phi) is 3.29. The van der Waals surface area contributed by atoms with E-state index in [4.69, 9.17) is 5.73 Å². The van der Waals surface area contributed by atoms with Crippen LogP contribution in [0.3, 0.4) is 0 Å². The summed E-state index contributed by atoms with van der Waals surface area (Å²) in [7, 11) is 0. The average Bonchev–Trinajstić information content (AvgIpc) is 2.38. The van der Waals surface area contributed by atoms with Crippen LogP contribution in [0.2, 0.25) is 0 Å². The molecule has 0 spiro atoms. The van der Waals surface area contributed by atoms with E-state index < -0.39 is 23.2 Å². The Bertz CT molecular complexity index is 606. The summed E-state index contributed by atoms with van der Waals surface area (Å²) in [4.78, 5) is 11.1. The van der Waals surface area contributed by atoms with Crippen molar-refractivity contribution in [2.24, 2.45) is 5.73 Å². The van der Waals surface area contributed by atoms with Crippen LogP contribution >= 0.6 is 0 Å². The molecule has 0 atom stereocenters. The van der Waals surface area contributed by atoms with E-state index in [-0.39, 0.29) is 5.56 Å². The molecule has 2 nitrogen and oxygen atoms in total. The van der Waals surface area contributed by atoms with Crippen molar-refractivity contribution < 1.29 is 18.0 Å². The van der Waals surface area contributed by atoms with Gasteiger partial charge in [-0.15, -0.1) is 0 Å². The molecule has 2 aromatic rings. The van der Waals surface area contributed by atoms with Crippen LogP contribution < -0.4 is 5.73 Å². The fourth-order valence-electron chi connectivity index (χ4n) is 1.85. The number of alkyl halides is 3. The number of halogens is 3. The van der Waals surface area contributed by atoms with Crippen LogP contribution in [0.4, 0.5) is 13.2 Å². The van der Waals surface area contributed by atoms with E-state index in [9.17, 15) is 18.0 Å². The van der Waals surface area contributed by atoms with Crippen molar-refractivity contribution in [3.63, 3.8) is 0 Å². The summed E-state index contributed by atoms with van der Waals surface area (Å²) in [6.07, 6.45) is -4.67. The molecule has 2 rings (SSSR count). The Morgan fingerprint density at radius 2 is 1.74 bits per heavy atom. The van der Waals surface area contributed by atoms with E-state index in [2.05, 4.69) is 6.07 Å². The molecule has 0 heterocycles. The van der Waals surface area contributed by atoms with Gasteiger partial charge in [-0.05, 0) is 17.2 Å². The van der Waals surface area contributed by atoms with Crippen LogP contribution in [0.25, 0.3) is 11.1 Å². The van der Waals surface area contributed by atoms with Gasteiger partial charge in [0, 0.05) is 0 Å². The zero-order chi connectivity index (χ0) is 14.0. The summed E-state index contributed by atoms with van der Waals surface area (Å²) in [6, 6.07) is 12.8. The topological polar surface area (TPSA) is 43.1 Å². The SMILES string of the molecule is NC(=O)c1[c]ccc(-c2ccccc2)c1C(F)(F)F. The number of primary amides is 1. The maximum absolute atomic E-state index is 13.1. The summed E-state index contributed by atoms with van der Waals surface area (Å²) < 4.78 is 39.4. The van der Waals surface area contributed by atoms with E-state index in [1.54, 1.807) is 18.2 Å². The molecule has 0 aliphatic heterocycles. The molecule has 2 aromatic carbocycles. The predicted molar refractivity (Wildman–Crippen MR) is 64.2 cm³/mol. The summed E-state index contributed by atoms with van der Waals surface area (Å²) in [5, 5.41) is 0. The molecule has 5 heteroatoms. The lowest BCUT2D eigenvalue weighted by Crippen LogP contribution is -2.20. The molecule has 2 N–H and O–H groups in total. The Morgan fingerprint density at radius 3 is 2.26 bits per heavy atom. The molecule has 0 aromatic heterocycles. The van der Waals surface area contributed by atoms with E-state index in [0.717, 1.165) is 0 Å². The van der Waals surface area contributed by atoms with Crippen LogP contribution in [0.1, 0.15) is 15.9 Å². The fourth-order valence-corrected chi connectivity index (χ4v) is 1.85. The number of nitrogens with two attached hydrogens (primary N) is 1. The van der Waals surface area contributed by atoms with Gasteiger partial charge in [-0.2, -0.15) is 13.2 Å². The second-order valence-electron chi connectivity index (χ2n) is 3.87. The number of carbonyl (C=O) groups is 1. The van der Waals surface area contributed by atoms with Crippen LogP contribution in [0.15, 0.2) is 42.5 Å². The minimum atomic E-state index is -4.67. The first-order valence-electron chi connectivity index (χ1n) is 5.38. The van der Waals surface area contributed by atoms with E-state index in [1.807, 2.05) is 0 Å². The third-order valence-corrected chi connectivity index (χ3v) is 2.61. The summed E-state index contributed by atoms with van der Waals surface area (Å²) >= 11 is 0. The third-order valence-electron chi connectivity index (χ3n) is 2.61. The number of rotatable bonds is 2. The predicted octanol–water partition coefficient (Wildman–Crippen LogP) is 3.27. The molecule has 0 bridgehead atoms. The van der Waals surface area contributed by atoms with E-state index in [1.165, 1.54) is 24.3 Å². The highest BCUT2D eigenvalue weighted by atomic mass is 19.4. The Morgan fingerprint density at radius 1 is 1.11 bits per heavy atom. The Balaban J connectivity index is 2.75. The minimum Gasteiger partial charge on any atom is -0.366 e. The quantitative estimate of drug-likeness (QED) is 0.888. The molecule has 19 heavy (non-hydrogen) atoms.